The van der Waals surface area contributed by atoms with Gasteiger partial charge in [0, 0.05) is 0 Å². The van der Waals surface area contributed by atoms with Crippen molar-refractivity contribution in [3.63, 3.8) is 0 Å². The number of ether oxygens (including phenoxy) is 1. The topological polar surface area (TPSA) is 26.3 Å². The summed E-state index contributed by atoms with van der Waals surface area (Å²) in [5.41, 5.74) is 0.296. The van der Waals surface area contributed by atoms with E-state index in [1.54, 1.807) is 12.1 Å². The molecule has 0 N–H and O–H groups in total. The Labute approximate surface area is 82.0 Å². The Bertz CT molecular complexity index is 370. The third-order valence-electron chi connectivity index (χ3n) is 1.72. The molecule has 2 nitrogen and oxygen atoms in total. The van der Waals surface area contributed by atoms with E-state index in [4.69, 9.17) is 4.74 Å². The standard InChI is InChI=1S/C11H11FO2/c1-8(13)6-7-9-10(12)4-3-5-11(9)14-2/h3-7H,1-2H3. The quantitative estimate of drug-likeness (QED) is 0.691. The number of hydrogen-bond acceptors (Lipinski definition) is 2. The van der Waals surface area contributed by atoms with Gasteiger partial charge in [0.05, 0.1) is 12.7 Å². The SMILES string of the molecule is COc1cccc(F)c1C=CC(C)=O. The first-order valence-electron chi connectivity index (χ1n) is 4.16. The third kappa shape index (κ3) is 2.42. The van der Waals surface area contributed by atoms with Crippen LogP contribution in [0.4, 0.5) is 4.39 Å². The van der Waals surface area contributed by atoms with Gasteiger partial charge in [0.15, 0.2) is 5.78 Å². The van der Waals surface area contributed by atoms with Gasteiger partial charge < -0.3 is 4.74 Å². The summed E-state index contributed by atoms with van der Waals surface area (Å²) in [6.07, 6.45) is 2.72. The first kappa shape index (κ1) is 10.4. The van der Waals surface area contributed by atoms with Gasteiger partial charge in [0.2, 0.25) is 0 Å². The Morgan fingerprint density at radius 2 is 2.21 bits per heavy atom. The predicted octanol–water partition coefficient (Wildman–Crippen LogP) is 2.44. The molecule has 0 fully saturated rings. The molecule has 0 aromatic heterocycles. The molecule has 3 heteroatoms. The van der Waals surface area contributed by atoms with Crippen LogP contribution in [0.3, 0.4) is 0 Å². The lowest BCUT2D eigenvalue weighted by atomic mass is 10.1. The average molecular weight is 194 g/mol. The fourth-order valence-corrected chi connectivity index (χ4v) is 1.06. The van der Waals surface area contributed by atoms with Gasteiger partial charge in [0.25, 0.3) is 0 Å². The Morgan fingerprint density at radius 3 is 2.79 bits per heavy atom. The molecule has 0 unspecified atom stereocenters. The highest BCUT2D eigenvalue weighted by Crippen LogP contribution is 2.22. The van der Waals surface area contributed by atoms with E-state index in [2.05, 4.69) is 0 Å². The molecule has 0 bridgehead atoms. The van der Waals surface area contributed by atoms with Gasteiger partial charge in [-0.1, -0.05) is 6.07 Å². The van der Waals surface area contributed by atoms with Crippen molar-refractivity contribution in [2.45, 2.75) is 6.92 Å². The van der Waals surface area contributed by atoms with Crippen LogP contribution in [-0.2, 0) is 4.79 Å². The van der Waals surface area contributed by atoms with E-state index in [1.165, 1.54) is 32.3 Å². The van der Waals surface area contributed by atoms with Crippen molar-refractivity contribution in [1.82, 2.24) is 0 Å². The van der Waals surface area contributed by atoms with Crippen molar-refractivity contribution >= 4 is 11.9 Å². The molecular formula is C11H11FO2. The molecule has 0 radical (unpaired) electrons. The van der Waals surface area contributed by atoms with Crippen molar-refractivity contribution in [1.29, 1.82) is 0 Å². The Balaban J connectivity index is 3.11. The summed E-state index contributed by atoms with van der Waals surface area (Å²) >= 11 is 0. The highest BCUT2D eigenvalue weighted by Gasteiger charge is 2.04. The summed E-state index contributed by atoms with van der Waals surface area (Å²) in [5, 5.41) is 0. The number of halogens is 1. The zero-order valence-electron chi connectivity index (χ0n) is 8.08. The van der Waals surface area contributed by atoms with Crippen LogP contribution in [0.15, 0.2) is 24.3 Å². The lowest BCUT2D eigenvalue weighted by Crippen LogP contribution is -1.91. The van der Waals surface area contributed by atoms with Gasteiger partial charge in [-0.3, -0.25) is 4.79 Å². The van der Waals surface area contributed by atoms with Crippen LogP contribution in [0.25, 0.3) is 6.08 Å². The van der Waals surface area contributed by atoms with Gasteiger partial charge >= 0.3 is 0 Å². The number of allylic oxidation sites excluding steroid dienone is 1. The van der Waals surface area contributed by atoms with Crippen LogP contribution in [0.5, 0.6) is 5.75 Å². The smallest absolute Gasteiger partial charge is 0.152 e. The van der Waals surface area contributed by atoms with Gasteiger partial charge in [-0.25, -0.2) is 4.39 Å². The van der Waals surface area contributed by atoms with Crippen LogP contribution >= 0.6 is 0 Å². The highest BCUT2D eigenvalue weighted by atomic mass is 19.1. The molecule has 0 spiro atoms. The van der Waals surface area contributed by atoms with Crippen LogP contribution in [0.2, 0.25) is 0 Å². The van der Waals surface area contributed by atoms with Gasteiger partial charge in [-0.2, -0.15) is 0 Å². The minimum absolute atomic E-state index is 0.129. The van der Waals surface area contributed by atoms with E-state index >= 15 is 0 Å². The molecule has 0 aliphatic heterocycles. The molecule has 1 aromatic carbocycles. The Morgan fingerprint density at radius 1 is 1.50 bits per heavy atom. The normalized spacial score (nSPS) is 10.5. The van der Waals surface area contributed by atoms with E-state index in [0.29, 0.717) is 11.3 Å². The highest BCUT2D eigenvalue weighted by molar-refractivity contribution is 5.91. The molecule has 0 saturated heterocycles. The number of carbonyl (C=O) groups excluding carboxylic acids is 1. The largest absolute Gasteiger partial charge is 0.496 e. The van der Waals surface area contributed by atoms with Gasteiger partial charge in [0.1, 0.15) is 11.6 Å². The first-order chi connectivity index (χ1) is 6.65. The molecule has 0 amide bonds. The number of methoxy groups -OCH3 is 1. The molecular weight excluding hydrogens is 183 g/mol. The van der Waals surface area contributed by atoms with Crippen LogP contribution < -0.4 is 4.74 Å². The molecule has 0 saturated carbocycles. The summed E-state index contributed by atoms with van der Waals surface area (Å²) in [4.78, 5) is 10.7. The fraction of sp³-hybridized carbons (Fsp3) is 0.182. The lowest BCUT2D eigenvalue weighted by molar-refractivity contribution is -0.112. The summed E-state index contributed by atoms with van der Waals surface area (Å²) in [6.45, 7) is 1.41. The second-order valence-corrected chi connectivity index (χ2v) is 2.80. The van der Waals surface area contributed by atoms with Crippen molar-refractivity contribution in [2.24, 2.45) is 0 Å². The number of hydrogen-bond donors (Lipinski definition) is 0. The van der Waals surface area contributed by atoms with Crippen LogP contribution in [0.1, 0.15) is 12.5 Å². The summed E-state index contributed by atoms with van der Waals surface area (Å²) in [5.74, 6) is -0.111. The average Bonchev–Trinajstić information content (AvgIpc) is 2.15. The molecule has 0 aliphatic rings. The van der Waals surface area contributed by atoms with E-state index in [-0.39, 0.29) is 5.78 Å². The molecule has 0 heterocycles. The zero-order chi connectivity index (χ0) is 10.6. The Hall–Kier alpha value is -1.64. The molecule has 1 rings (SSSR count). The number of rotatable bonds is 3. The van der Waals surface area contributed by atoms with E-state index < -0.39 is 5.82 Å². The van der Waals surface area contributed by atoms with Crippen LogP contribution in [-0.4, -0.2) is 12.9 Å². The van der Waals surface area contributed by atoms with E-state index in [1.807, 2.05) is 0 Å². The fourth-order valence-electron chi connectivity index (χ4n) is 1.06. The van der Waals surface area contributed by atoms with Crippen molar-refractivity contribution in [3.8, 4) is 5.75 Å². The van der Waals surface area contributed by atoms with Gasteiger partial charge in [-0.15, -0.1) is 0 Å². The molecule has 0 atom stereocenters. The summed E-state index contributed by atoms with van der Waals surface area (Å²) in [7, 11) is 1.46. The van der Waals surface area contributed by atoms with Crippen molar-refractivity contribution in [2.75, 3.05) is 7.11 Å². The predicted molar refractivity (Wildman–Crippen MR) is 52.7 cm³/mol. The molecule has 74 valence electrons. The second-order valence-electron chi connectivity index (χ2n) is 2.80. The van der Waals surface area contributed by atoms with Crippen molar-refractivity contribution in [3.05, 3.63) is 35.7 Å². The summed E-state index contributed by atoms with van der Waals surface area (Å²) in [6, 6.07) is 4.52. The van der Waals surface area contributed by atoms with E-state index in [9.17, 15) is 9.18 Å². The van der Waals surface area contributed by atoms with Gasteiger partial charge in [-0.05, 0) is 31.2 Å². The monoisotopic (exact) mass is 194 g/mol. The van der Waals surface area contributed by atoms with Crippen LogP contribution in [0, 0.1) is 5.82 Å². The first-order valence-corrected chi connectivity index (χ1v) is 4.16. The molecule has 1 aromatic rings. The number of ketones is 1. The second kappa shape index (κ2) is 4.56. The molecule has 0 aliphatic carbocycles. The maximum Gasteiger partial charge on any atom is 0.152 e. The lowest BCUT2D eigenvalue weighted by Gasteiger charge is -2.04. The summed E-state index contributed by atoms with van der Waals surface area (Å²) < 4.78 is 18.2. The number of benzene rings is 1. The van der Waals surface area contributed by atoms with Crippen molar-refractivity contribution < 1.29 is 13.9 Å². The van der Waals surface area contributed by atoms with E-state index in [0.717, 1.165) is 0 Å². The minimum Gasteiger partial charge on any atom is -0.496 e. The maximum atomic E-state index is 13.2. The third-order valence-corrected chi connectivity index (χ3v) is 1.72. The Kier molecular flexibility index (Phi) is 3.40. The maximum absolute atomic E-state index is 13.2. The molecule has 14 heavy (non-hydrogen) atoms. The minimum atomic E-state index is -0.401. The number of carbonyl (C=O) groups is 1. The zero-order valence-corrected chi connectivity index (χ0v) is 8.08.